The third-order valence-corrected chi connectivity index (χ3v) is 3.85. The highest BCUT2D eigenvalue weighted by atomic mass is 19.4. The maximum atomic E-state index is 12.3. The molecule has 0 aliphatic heterocycles. The van der Waals surface area contributed by atoms with Crippen LogP contribution >= 0.6 is 0 Å². The van der Waals surface area contributed by atoms with E-state index in [0.29, 0.717) is 11.6 Å². The molecular formula is C16H15F3N2O3. The molecule has 0 fully saturated rings. The quantitative estimate of drug-likeness (QED) is 0.919. The van der Waals surface area contributed by atoms with Gasteiger partial charge in [-0.05, 0) is 43.0 Å². The summed E-state index contributed by atoms with van der Waals surface area (Å²) in [7, 11) is 0. The molecule has 0 spiro atoms. The Kier molecular flexibility index (Phi) is 4.21. The van der Waals surface area contributed by atoms with Gasteiger partial charge < -0.3 is 14.6 Å². The molecule has 1 heterocycles. The number of aryl methyl sites for hydroxylation is 1. The second-order valence-corrected chi connectivity index (χ2v) is 5.81. The molecule has 0 radical (unpaired) electrons. The van der Waals surface area contributed by atoms with Gasteiger partial charge in [0.25, 0.3) is 5.91 Å². The summed E-state index contributed by atoms with van der Waals surface area (Å²) in [6.45, 7) is 2.09. The largest absolute Gasteiger partial charge is 0.573 e. The van der Waals surface area contributed by atoms with E-state index in [1.54, 1.807) is 0 Å². The van der Waals surface area contributed by atoms with Crippen LogP contribution in [0.4, 0.5) is 18.9 Å². The van der Waals surface area contributed by atoms with Crippen LogP contribution in [0.1, 0.15) is 35.2 Å². The van der Waals surface area contributed by atoms with E-state index >= 15 is 0 Å². The number of aromatic nitrogens is 1. The molecule has 24 heavy (non-hydrogen) atoms. The summed E-state index contributed by atoms with van der Waals surface area (Å²) < 4.78 is 45.3. The van der Waals surface area contributed by atoms with E-state index in [1.807, 2.05) is 0 Å². The Morgan fingerprint density at radius 1 is 1.33 bits per heavy atom. The van der Waals surface area contributed by atoms with E-state index in [2.05, 4.69) is 22.1 Å². The highest BCUT2D eigenvalue weighted by Crippen LogP contribution is 2.29. The Morgan fingerprint density at radius 3 is 2.71 bits per heavy atom. The molecule has 5 nitrogen and oxygen atoms in total. The van der Waals surface area contributed by atoms with Crippen LogP contribution in [-0.4, -0.2) is 17.4 Å². The summed E-state index contributed by atoms with van der Waals surface area (Å²) in [4.78, 5) is 12.3. The van der Waals surface area contributed by atoms with Crippen LogP contribution in [0.5, 0.6) is 5.75 Å². The van der Waals surface area contributed by atoms with E-state index in [0.717, 1.165) is 42.7 Å². The van der Waals surface area contributed by atoms with Crippen LogP contribution in [0.3, 0.4) is 0 Å². The van der Waals surface area contributed by atoms with Gasteiger partial charge in [0.2, 0.25) is 0 Å². The van der Waals surface area contributed by atoms with Crippen molar-refractivity contribution in [3.05, 3.63) is 41.3 Å². The number of anilines is 1. The fourth-order valence-electron chi connectivity index (χ4n) is 2.69. The number of amides is 1. The zero-order valence-corrected chi connectivity index (χ0v) is 12.8. The number of fused-ring (bicyclic) bond motifs is 1. The number of hydrogen-bond donors (Lipinski definition) is 1. The second-order valence-electron chi connectivity index (χ2n) is 5.81. The normalized spacial score (nSPS) is 17.2. The monoisotopic (exact) mass is 340 g/mol. The first-order valence-electron chi connectivity index (χ1n) is 7.46. The predicted molar refractivity (Wildman–Crippen MR) is 78.8 cm³/mol. The lowest BCUT2D eigenvalue weighted by molar-refractivity contribution is -0.274. The van der Waals surface area contributed by atoms with Gasteiger partial charge in [-0.25, -0.2) is 0 Å². The van der Waals surface area contributed by atoms with E-state index < -0.39 is 12.3 Å². The van der Waals surface area contributed by atoms with E-state index in [4.69, 9.17) is 4.52 Å². The van der Waals surface area contributed by atoms with Crippen LogP contribution in [0.25, 0.3) is 0 Å². The van der Waals surface area contributed by atoms with Crippen LogP contribution < -0.4 is 10.1 Å². The summed E-state index contributed by atoms with van der Waals surface area (Å²) in [5, 5.41) is 6.43. The molecule has 0 bridgehead atoms. The van der Waals surface area contributed by atoms with Crippen molar-refractivity contribution in [2.45, 2.75) is 32.5 Å². The zero-order valence-electron chi connectivity index (χ0n) is 12.8. The summed E-state index contributed by atoms with van der Waals surface area (Å²) >= 11 is 0. The fourth-order valence-corrected chi connectivity index (χ4v) is 2.69. The first-order valence-corrected chi connectivity index (χ1v) is 7.46. The average Bonchev–Trinajstić information content (AvgIpc) is 2.91. The number of hydrogen-bond acceptors (Lipinski definition) is 4. The van der Waals surface area contributed by atoms with Crippen LogP contribution in [0, 0.1) is 5.92 Å². The van der Waals surface area contributed by atoms with Gasteiger partial charge in [0.15, 0.2) is 5.69 Å². The summed E-state index contributed by atoms with van der Waals surface area (Å²) in [5.41, 5.74) is 1.38. The van der Waals surface area contributed by atoms with Gasteiger partial charge in [-0.1, -0.05) is 12.1 Å². The average molecular weight is 340 g/mol. The number of rotatable bonds is 3. The van der Waals surface area contributed by atoms with Crippen molar-refractivity contribution in [2.24, 2.45) is 5.92 Å². The number of benzene rings is 1. The van der Waals surface area contributed by atoms with E-state index in [1.165, 1.54) is 12.1 Å². The third-order valence-electron chi connectivity index (χ3n) is 3.85. The molecule has 1 amide bonds. The maximum Gasteiger partial charge on any atom is 0.573 e. The molecule has 1 aromatic carbocycles. The lowest BCUT2D eigenvalue weighted by Gasteiger charge is -2.16. The van der Waals surface area contributed by atoms with E-state index in [9.17, 15) is 18.0 Å². The molecule has 0 unspecified atom stereocenters. The molecule has 0 saturated heterocycles. The SMILES string of the molecule is C[C@@H]1CCc2onc(C(=O)Nc3ccc(OC(F)(F)F)cc3)c2C1. The lowest BCUT2D eigenvalue weighted by Crippen LogP contribution is -2.18. The third kappa shape index (κ3) is 3.69. The van der Waals surface area contributed by atoms with Gasteiger partial charge in [-0.2, -0.15) is 0 Å². The number of nitrogens with one attached hydrogen (secondary N) is 1. The Bertz CT molecular complexity index is 738. The highest BCUT2D eigenvalue weighted by molar-refractivity contribution is 6.04. The van der Waals surface area contributed by atoms with Crippen molar-refractivity contribution in [1.82, 2.24) is 5.16 Å². The zero-order chi connectivity index (χ0) is 17.3. The molecule has 1 aliphatic carbocycles. The number of carbonyl (C=O) groups excluding carboxylic acids is 1. The molecule has 3 rings (SSSR count). The first-order chi connectivity index (χ1) is 11.3. The standard InChI is InChI=1S/C16H15F3N2O3/c1-9-2-7-13-12(8-9)14(21-24-13)15(22)20-10-3-5-11(6-4-10)23-16(17,18)19/h3-6,9H,2,7-8H2,1H3,(H,20,22)/t9-/m1/s1. The van der Waals surface area contributed by atoms with Gasteiger partial charge in [0.05, 0.1) is 0 Å². The Morgan fingerprint density at radius 2 is 2.04 bits per heavy atom. The molecule has 1 aromatic heterocycles. The van der Waals surface area contributed by atoms with Gasteiger partial charge in [0.1, 0.15) is 11.5 Å². The summed E-state index contributed by atoms with van der Waals surface area (Å²) in [6.07, 6.45) is -2.29. The van der Waals surface area contributed by atoms with Crippen LogP contribution in [-0.2, 0) is 12.8 Å². The number of halogens is 3. The van der Waals surface area contributed by atoms with Gasteiger partial charge in [-0.15, -0.1) is 13.2 Å². The topological polar surface area (TPSA) is 64.4 Å². The molecular weight excluding hydrogens is 325 g/mol. The minimum atomic E-state index is -4.75. The molecule has 1 N–H and O–H groups in total. The molecule has 2 aromatic rings. The maximum absolute atomic E-state index is 12.3. The van der Waals surface area contributed by atoms with Crippen LogP contribution in [0.2, 0.25) is 0 Å². The van der Waals surface area contributed by atoms with Crippen molar-refractivity contribution in [3.63, 3.8) is 0 Å². The molecule has 1 atom stereocenters. The molecule has 128 valence electrons. The Hall–Kier alpha value is -2.51. The molecule has 1 aliphatic rings. The van der Waals surface area contributed by atoms with Crippen molar-refractivity contribution in [3.8, 4) is 5.75 Å². The van der Waals surface area contributed by atoms with Gasteiger partial charge in [0, 0.05) is 17.7 Å². The Labute approximate surface area is 135 Å². The predicted octanol–water partition coefficient (Wildman–Crippen LogP) is 3.95. The van der Waals surface area contributed by atoms with E-state index in [-0.39, 0.29) is 11.4 Å². The van der Waals surface area contributed by atoms with Crippen molar-refractivity contribution in [2.75, 3.05) is 5.32 Å². The Balaban J connectivity index is 1.70. The van der Waals surface area contributed by atoms with Crippen LogP contribution in [0.15, 0.2) is 28.8 Å². The lowest BCUT2D eigenvalue weighted by atomic mass is 9.88. The highest BCUT2D eigenvalue weighted by Gasteiger charge is 2.31. The molecule has 0 saturated carbocycles. The second kappa shape index (κ2) is 6.18. The van der Waals surface area contributed by atoms with Crippen molar-refractivity contribution >= 4 is 11.6 Å². The van der Waals surface area contributed by atoms with Gasteiger partial charge >= 0.3 is 6.36 Å². The fraction of sp³-hybridized carbons (Fsp3) is 0.375. The summed E-state index contributed by atoms with van der Waals surface area (Å²) in [6, 6.07) is 4.91. The number of ether oxygens (including phenoxy) is 1. The van der Waals surface area contributed by atoms with Gasteiger partial charge in [-0.3, -0.25) is 4.79 Å². The molecule has 8 heteroatoms. The minimum absolute atomic E-state index is 0.229. The van der Waals surface area contributed by atoms with Crippen molar-refractivity contribution < 1.29 is 27.2 Å². The first kappa shape index (κ1) is 16.4. The van der Waals surface area contributed by atoms with Crippen molar-refractivity contribution in [1.29, 1.82) is 0 Å². The number of nitrogens with zero attached hydrogens (tertiary/aromatic N) is 1. The smallest absolute Gasteiger partial charge is 0.406 e. The number of alkyl halides is 3. The number of carbonyl (C=O) groups is 1. The minimum Gasteiger partial charge on any atom is -0.406 e. The summed E-state index contributed by atoms with van der Waals surface area (Å²) in [5.74, 6) is 0.376.